The molecule has 174 valence electrons. The minimum absolute atomic E-state index is 0.125. The third-order valence-electron chi connectivity index (χ3n) is 6.76. The smallest absolute Gasteiger partial charge is 0.0913 e. The largest absolute Gasteiger partial charge is 0.395 e. The van der Waals surface area contributed by atoms with Crippen LogP contribution in [0.3, 0.4) is 0 Å². The summed E-state index contributed by atoms with van der Waals surface area (Å²) in [5, 5.41) is 21.0. The van der Waals surface area contributed by atoms with Crippen LogP contribution < -0.4 is 0 Å². The van der Waals surface area contributed by atoms with Gasteiger partial charge in [0.2, 0.25) is 0 Å². The molecule has 0 radical (unpaired) electrons. The number of aliphatic hydroxyl groups is 1. The Bertz CT molecular complexity index is 1190. The van der Waals surface area contributed by atoms with Gasteiger partial charge >= 0.3 is 0 Å². The number of aromatic nitrogens is 3. The second kappa shape index (κ2) is 10.3. The quantitative estimate of drug-likeness (QED) is 0.403. The summed E-state index contributed by atoms with van der Waals surface area (Å²) in [4.78, 5) is 4.87. The van der Waals surface area contributed by atoms with Gasteiger partial charge in [0.1, 0.15) is 0 Å². The first-order valence-electron chi connectivity index (χ1n) is 12.1. The molecule has 0 spiro atoms. The van der Waals surface area contributed by atoms with E-state index in [0.717, 1.165) is 64.2 Å². The molecule has 6 nitrogen and oxygen atoms in total. The van der Waals surface area contributed by atoms with Gasteiger partial charge in [0.05, 0.1) is 18.3 Å². The van der Waals surface area contributed by atoms with E-state index >= 15 is 0 Å². The van der Waals surface area contributed by atoms with Crippen LogP contribution in [0.1, 0.15) is 37.1 Å². The molecule has 1 aliphatic heterocycles. The lowest BCUT2D eigenvalue weighted by molar-refractivity contribution is 0.105. The molecule has 0 amide bonds. The van der Waals surface area contributed by atoms with Gasteiger partial charge in [-0.15, -0.1) is 16.4 Å². The fourth-order valence-electron chi connectivity index (χ4n) is 4.81. The lowest BCUT2D eigenvalue weighted by Crippen LogP contribution is -2.48. The van der Waals surface area contributed by atoms with E-state index in [1.54, 1.807) is 0 Å². The number of β-amino-alcohol motifs (C(OH)–C–C–N with tert-alkyl or cyclic N) is 1. The Balaban J connectivity index is 1.45. The number of piperazine rings is 1. The first kappa shape index (κ1) is 22.5. The van der Waals surface area contributed by atoms with E-state index in [4.69, 9.17) is 0 Å². The summed E-state index contributed by atoms with van der Waals surface area (Å²) < 4.78 is 4.75. The van der Waals surface area contributed by atoms with Gasteiger partial charge in [-0.1, -0.05) is 42.8 Å². The maximum absolute atomic E-state index is 9.26. The summed E-state index contributed by atoms with van der Waals surface area (Å²) in [6.07, 6.45) is 5.44. The Labute approximate surface area is 199 Å². The summed E-state index contributed by atoms with van der Waals surface area (Å²) in [6, 6.07) is 15.7. The number of hydrogen-bond donors (Lipinski definition) is 1. The third kappa shape index (κ3) is 4.96. The van der Waals surface area contributed by atoms with Crippen LogP contribution in [0.15, 0.2) is 48.7 Å². The Morgan fingerprint density at radius 3 is 2.61 bits per heavy atom. The summed E-state index contributed by atoms with van der Waals surface area (Å²) in [5.41, 5.74) is 2.37. The number of nitrogens with zero attached hydrogens (tertiary/aromatic N) is 5. The van der Waals surface area contributed by atoms with Crippen LogP contribution in [0.4, 0.5) is 0 Å². The average Bonchev–Trinajstić information content (AvgIpc) is 3.46. The molecule has 3 heterocycles. The van der Waals surface area contributed by atoms with E-state index in [-0.39, 0.29) is 12.6 Å². The molecule has 5 rings (SSSR count). The highest BCUT2D eigenvalue weighted by Crippen LogP contribution is 2.35. The van der Waals surface area contributed by atoms with E-state index in [2.05, 4.69) is 80.4 Å². The van der Waals surface area contributed by atoms with E-state index in [1.807, 2.05) is 11.3 Å². The van der Waals surface area contributed by atoms with Gasteiger partial charge in [-0.25, -0.2) is 4.68 Å². The molecular formula is C26H33N5OS. The van der Waals surface area contributed by atoms with Gasteiger partial charge in [0.25, 0.3) is 0 Å². The Morgan fingerprint density at radius 1 is 1.00 bits per heavy atom. The van der Waals surface area contributed by atoms with E-state index in [1.165, 1.54) is 25.7 Å². The van der Waals surface area contributed by atoms with Crippen molar-refractivity contribution in [2.75, 3.05) is 45.9 Å². The predicted molar refractivity (Wildman–Crippen MR) is 136 cm³/mol. The monoisotopic (exact) mass is 463 g/mol. The number of hydrogen-bond acceptors (Lipinski definition) is 6. The zero-order chi connectivity index (χ0) is 22.6. The predicted octanol–water partition coefficient (Wildman–Crippen LogP) is 4.19. The molecule has 1 N–H and O–H groups in total. The van der Waals surface area contributed by atoms with Gasteiger partial charge in [-0.3, -0.25) is 9.80 Å². The van der Waals surface area contributed by atoms with Gasteiger partial charge in [-0.2, -0.15) is 0 Å². The Kier molecular flexibility index (Phi) is 7.02. The van der Waals surface area contributed by atoms with Gasteiger partial charge < -0.3 is 5.11 Å². The number of fused-ring (bicyclic) bond motifs is 3. The van der Waals surface area contributed by atoms with Crippen molar-refractivity contribution >= 4 is 31.5 Å². The number of aliphatic hydroxyl groups excluding tert-OH is 1. The second-order valence-electron chi connectivity index (χ2n) is 9.03. The van der Waals surface area contributed by atoms with Crippen molar-refractivity contribution < 1.29 is 5.11 Å². The highest BCUT2D eigenvalue weighted by Gasteiger charge is 2.24. The van der Waals surface area contributed by atoms with Crippen LogP contribution >= 0.6 is 11.3 Å². The van der Waals surface area contributed by atoms with Crippen molar-refractivity contribution in [2.24, 2.45) is 0 Å². The first-order chi connectivity index (χ1) is 16.2. The molecule has 4 aromatic rings. The lowest BCUT2D eigenvalue weighted by Gasteiger charge is -2.36. The van der Waals surface area contributed by atoms with Crippen molar-refractivity contribution in [1.29, 1.82) is 0 Å². The molecule has 1 fully saturated rings. The maximum Gasteiger partial charge on any atom is 0.0913 e. The summed E-state index contributed by atoms with van der Waals surface area (Å²) in [6.45, 7) is 8.15. The number of aryl methyl sites for hydroxylation is 1. The number of benzene rings is 2. The summed E-state index contributed by atoms with van der Waals surface area (Å²) in [7, 11) is 0. The minimum Gasteiger partial charge on any atom is -0.395 e. The molecule has 2 aromatic heterocycles. The van der Waals surface area contributed by atoms with Gasteiger partial charge in [0.15, 0.2) is 0 Å². The van der Waals surface area contributed by atoms with Crippen molar-refractivity contribution in [3.8, 4) is 0 Å². The van der Waals surface area contributed by atoms with Gasteiger partial charge in [-0.05, 0) is 36.6 Å². The lowest BCUT2D eigenvalue weighted by atomic mass is 10.0. The number of thiophene rings is 1. The molecule has 7 heteroatoms. The molecule has 1 atom stereocenters. The van der Waals surface area contributed by atoms with Crippen molar-refractivity contribution in [1.82, 2.24) is 24.8 Å². The molecule has 1 saturated heterocycles. The highest BCUT2D eigenvalue weighted by atomic mass is 32.1. The van der Waals surface area contributed by atoms with E-state index < -0.39 is 0 Å². The molecule has 1 aliphatic rings. The van der Waals surface area contributed by atoms with Crippen molar-refractivity contribution in [3.05, 3.63) is 59.9 Å². The van der Waals surface area contributed by atoms with Crippen LogP contribution in [-0.2, 0) is 6.42 Å². The van der Waals surface area contributed by atoms with Gasteiger partial charge in [0, 0.05) is 65.6 Å². The van der Waals surface area contributed by atoms with Crippen LogP contribution in [0, 0.1) is 0 Å². The van der Waals surface area contributed by atoms with Crippen LogP contribution in [0.25, 0.3) is 20.2 Å². The molecular weight excluding hydrogens is 430 g/mol. The fraction of sp³-hybridized carbons (Fsp3) is 0.462. The summed E-state index contributed by atoms with van der Waals surface area (Å²) >= 11 is 1.86. The normalized spacial score (nSPS) is 16.7. The standard InChI is InChI=1S/C26H33N5OS/c1-2-3-6-21-18-31(28-27-21)24(19-30-13-11-29(12-14-30)15-16-32)20-9-10-26-23(17-20)22-7-4-5-8-25(22)33-26/h4-5,7-10,17-18,24,32H,2-3,6,11-16,19H2,1H3. The molecule has 33 heavy (non-hydrogen) atoms. The number of unbranched alkanes of at least 4 members (excludes halogenated alkanes) is 1. The summed E-state index contributed by atoms with van der Waals surface area (Å²) in [5.74, 6) is 0. The maximum atomic E-state index is 9.26. The third-order valence-corrected chi connectivity index (χ3v) is 7.91. The number of rotatable bonds is 9. The van der Waals surface area contributed by atoms with Crippen molar-refractivity contribution in [3.63, 3.8) is 0 Å². The first-order valence-corrected chi connectivity index (χ1v) is 12.9. The average molecular weight is 464 g/mol. The fourth-order valence-corrected chi connectivity index (χ4v) is 5.90. The Hall–Kier alpha value is -2.32. The molecule has 0 saturated carbocycles. The second-order valence-corrected chi connectivity index (χ2v) is 10.1. The molecule has 0 aliphatic carbocycles. The molecule has 0 bridgehead atoms. The molecule has 1 unspecified atom stereocenters. The highest BCUT2D eigenvalue weighted by molar-refractivity contribution is 7.25. The van der Waals surface area contributed by atoms with Crippen LogP contribution in [-0.4, -0.2) is 75.8 Å². The van der Waals surface area contributed by atoms with Crippen LogP contribution in [0.5, 0.6) is 0 Å². The van der Waals surface area contributed by atoms with Crippen LogP contribution in [0.2, 0.25) is 0 Å². The van der Waals surface area contributed by atoms with E-state index in [9.17, 15) is 5.11 Å². The van der Waals surface area contributed by atoms with E-state index in [0.29, 0.717) is 0 Å². The topological polar surface area (TPSA) is 57.4 Å². The van der Waals surface area contributed by atoms with Crippen molar-refractivity contribution in [2.45, 2.75) is 32.2 Å². The molecule has 2 aromatic carbocycles. The minimum atomic E-state index is 0.125. The zero-order valence-electron chi connectivity index (χ0n) is 19.4. The Morgan fingerprint density at radius 2 is 1.79 bits per heavy atom. The zero-order valence-corrected chi connectivity index (χ0v) is 20.2. The SMILES string of the molecule is CCCCc1cn(C(CN2CCN(CCO)CC2)c2ccc3sc4ccccc4c3c2)nn1.